The van der Waals surface area contributed by atoms with Crippen LogP contribution in [-0.2, 0) is 4.74 Å². The largest absolute Gasteiger partial charge is 0.461 e. The number of pyridine rings is 1. The second kappa shape index (κ2) is 12.6. The summed E-state index contributed by atoms with van der Waals surface area (Å²) in [5, 5.41) is 11.5. The van der Waals surface area contributed by atoms with Gasteiger partial charge in [0.15, 0.2) is 5.82 Å². The van der Waals surface area contributed by atoms with Gasteiger partial charge in [-0.1, -0.05) is 30.2 Å². The number of aliphatic hydroxyl groups excluding tert-OH is 1. The number of piperazine rings is 1. The van der Waals surface area contributed by atoms with Crippen molar-refractivity contribution in [3.05, 3.63) is 53.7 Å². The Morgan fingerprint density at radius 3 is 2.61 bits per heavy atom. The van der Waals surface area contributed by atoms with Crippen molar-refractivity contribution in [1.82, 2.24) is 24.8 Å². The molecule has 4 saturated heterocycles. The van der Waals surface area contributed by atoms with E-state index in [1.165, 1.54) is 6.07 Å². The van der Waals surface area contributed by atoms with Gasteiger partial charge >= 0.3 is 12.1 Å². The average Bonchev–Trinajstić information content (AvgIpc) is 3.76. The summed E-state index contributed by atoms with van der Waals surface area (Å²) in [5.41, 5.74) is -0.461. The number of hydrogen-bond acceptors (Lipinski definition) is 9. The number of anilines is 1. The molecular weight excluding hydrogens is 654 g/mol. The molecule has 4 aliphatic rings. The predicted molar refractivity (Wildman–Crippen MR) is 189 cm³/mol. The number of fused-ring (bicyclic) bond motifs is 5. The number of carbonyl (C=O) groups excluding carboxylic acids is 1. The molecule has 2 bridgehead atoms. The van der Waals surface area contributed by atoms with Gasteiger partial charge in [-0.25, -0.2) is 13.6 Å². The van der Waals surface area contributed by atoms with Crippen LogP contribution in [0.1, 0.15) is 64.9 Å². The Morgan fingerprint density at radius 1 is 1.10 bits per heavy atom. The molecule has 4 fully saturated rings. The van der Waals surface area contributed by atoms with Crippen molar-refractivity contribution in [2.45, 2.75) is 88.6 Å². The van der Waals surface area contributed by atoms with E-state index in [-0.39, 0.29) is 59.1 Å². The second-order valence-electron chi connectivity index (χ2n) is 15.3. The first-order chi connectivity index (χ1) is 24.5. The van der Waals surface area contributed by atoms with Gasteiger partial charge in [0.1, 0.15) is 35.1 Å². The molecule has 1 N–H and O–H groups in total. The molecule has 51 heavy (non-hydrogen) atoms. The molecule has 6 heterocycles. The number of nitrogens with zero attached hydrogens (tertiary/aromatic N) is 6. The lowest BCUT2D eigenvalue weighted by Crippen LogP contribution is -2.57. The van der Waals surface area contributed by atoms with E-state index in [4.69, 9.17) is 20.9 Å². The summed E-state index contributed by atoms with van der Waals surface area (Å²) in [6.45, 7) is 7.79. The van der Waals surface area contributed by atoms with Crippen molar-refractivity contribution < 1.29 is 28.2 Å². The lowest BCUT2D eigenvalue weighted by Gasteiger charge is -2.42. The van der Waals surface area contributed by atoms with Crippen molar-refractivity contribution in [3.8, 4) is 29.6 Å². The average molecular weight is 697 g/mol. The number of benzene rings is 2. The van der Waals surface area contributed by atoms with Crippen LogP contribution in [0.3, 0.4) is 0 Å². The standard InChI is InChI=1S/C39H42F2N6O4/c1-5-27-30(40)13-10-23-8-6-9-28(31(23)27)33-32(41)34-29(18-42-33)35(45-19-24-11-12-25(20-45)47(24)37(49)51-38(2,3)4)44-36(43-34)50-22-39-15-7-17-46(39)26(21-48)14-16-39/h1,6,8-10,13,18,24-26,48H,7,11-12,14-17,19-22H2,2-4H3/t24?,25?,26-,39?/m0/s1. The van der Waals surface area contributed by atoms with Gasteiger partial charge in [0.25, 0.3) is 0 Å². The molecule has 0 spiro atoms. The number of terminal acetylenes is 1. The Morgan fingerprint density at radius 2 is 1.88 bits per heavy atom. The molecule has 1 amide bonds. The quantitative estimate of drug-likeness (QED) is 0.241. The summed E-state index contributed by atoms with van der Waals surface area (Å²) in [7, 11) is 0. The molecule has 8 rings (SSSR count). The van der Waals surface area contributed by atoms with Gasteiger partial charge in [0.2, 0.25) is 0 Å². The summed E-state index contributed by atoms with van der Waals surface area (Å²) in [6, 6.07) is 8.06. The zero-order chi connectivity index (χ0) is 35.7. The van der Waals surface area contributed by atoms with Crippen LogP contribution in [-0.4, -0.2) is 98.1 Å². The van der Waals surface area contributed by atoms with Crippen molar-refractivity contribution in [3.63, 3.8) is 0 Å². The molecule has 4 aromatic rings. The van der Waals surface area contributed by atoms with Gasteiger partial charge in [0.05, 0.1) is 35.2 Å². The highest BCUT2D eigenvalue weighted by Crippen LogP contribution is 2.43. The number of ether oxygens (including phenoxy) is 2. The topological polar surface area (TPSA) is 104 Å². The summed E-state index contributed by atoms with van der Waals surface area (Å²) in [4.78, 5) is 33.6. The fourth-order valence-electron chi connectivity index (χ4n) is 8.90. The molecule has 10 nitrogen and oxygen atoms in total. The number of rotatable bonds is 6. The monoisotopic (exact) mass is 696 g/mol. The first kappa shape index (κ1) is 33.5. The number of aliphatic hydroxyl groups is 1. The van der Waals surface area contributed by atoms with Gasteiger partial charge in [-0.3, -0.25) is 14.8 Å². The van der Waals surface area contributed by atoms with Crippen molar-refractivity contribution >= 4 is 33.6 Å². The minimum absolute atomic E-state index is 0.0113. The number of amides is 1. The molecule has 266 valence electrons. The fourth-order valence-corrected chi connectivity index (χ4v) is 8.90. The third-order valence-corrected chi connectivity index (χ3v) is 11.1. The summed E-state index contributed by atoms with van der Waals surface area (Å²) in [6.07, 6.45) is 12.3. The molecule has 4 atom stereocenters. The highest BCUT2D eigenvalue weighted by molar-refractivity contribution is 6.02. The Hall–Kier alpha value is -4.60. The highest BCUT2D eigenvalue weighted by atomic mass is 19.1. The Bertz CT molecular complexity index is 2070. The third kappa shape index (κ3) is 5.71. The minimum Gasteiger partial charge on any atom is -0.461 e. The summed E-state index contributed by atoms with van der Waals surface area (Å²) in [5.74, 6) is 1.64. The van der Waals surface area contributed by atoms with Crippen LogP contribution in [0, 0.1) is 24.0 Å². The van der Waals surface area contributed by atoms with Crippen molar-refractivity contribution in [2.24, 2.45) is 0 Å². The van der Waals surface area contributed by atoms with Crippen LogP contribution in [0.4, 0.5) is 19.4 Å². The van der Waals surface area contributed by atoms with Crippen LogP contribution in [0.5, 0.6) is 6.01 Å². The molecule has 12 heteroatoms. The van der Waals surface area contributed by atoms with Crippen LogP contribution in [0.15, 0.2) is 36.5 Å². The Kier molecular flexibility index (Phi) is 8.26. The maximum absolute atomic E-state index is 17.0. The van der Waals surface area contributed by atoms with Crippen molar-refractivity contribution in [2.75, 3.05) is 37.7 Å². The van der Waals surface area contributed by atoms with Gasteiger partial charge in [-0.2, -0.15) is 9.97 Å². The van der Waals surface area contributed by atoms with E-state index in [1.807, 2.05) is 25.7 Å². The maximum atomic E-state index is 17.0. The van der Waals surface area contributed by atoms with Gasteiger partial charge in [-0.15, -0.1) is 6.42 Å². The summed E-state index contributed by atoms with van der Waals surface area (Å²) < 4.78 is 44.1. The van der Waals surface area contributed by atoms with Crippen LogP contribution in [0.2, 0.25) is 0 Å². The second-order valence-corrected chi connectivity index (χ2v) is 15.3. The van der Waals surface area contributed by atoms with E-state index >= 15 is 4.39 Å². The lowest BCUT2D eigenvalue weighted by atomic mass is 9.95. The predicted octanol–water partition coefficient (Wildman–Crippen LogP) is 6.06. The van der Waals surface area contributed by atoms with Gasteiger partial charge < -0.3 is 19.5 Å². The molecule has 2 aromatic heterocycles. The first-order valence-corrected chi connectivity index (χ1v) is 17.8. The molecule has 0 saturated carbocycles. The number of aromatic nitrogens is 3. The fraction of sp³-hybridized carbons (Fsp3) is 0.487. The SMILES string of the molecule is C#Cc1c(F)ccc2cccc(-c3ncc4c(N5CC6CCC(C5)N6C(=O)OC(C)(C)C)nc(OCC56CCCN5[C@H](CO)CC6)nc4c3F)c12. The number of halogens is 2. The Labute approximate surface area is 295 Å². The van der Waals surface area contributed by atoms with E-state index < -0.39 is 17.2 Å². The molecule has 2 aromatic carbocycles. The van der Waals surface area contributed by atoms with E-state index in [0.29, 0.717) is 47.2 Å². The molecular formula is C39H42F2N6O4. The summed E-state index contributed by atoms with van der Waals surface area (Å²) >= 11 is 0. The molecule has 4 aliphatic heterocycles. The van der Waals surface area contributed by atoms with E-state index in [0.717, 1.165) is 45.1 Å². The number of carbonyl (C=O) groups is 1. The number of hydrogen-bond donors (Lipinski definition) is 1. The van der Waals surface area contributed by atoms with Crippen LogP contribution in [0.25, 0.3) is 32.9 Å². The van der Waals surface area contributed by atoms with E-state index in [2.05, 4.69) is 25.7 Å². The third-order valence-electron chi connectivity index (χ3n) is 11.1. The smallest absolute Gasteiger partial charge is 0.410 e. The minimum atomic E-state index is -0.696. The van der Waals surface area contributed by atoms with E-state index in [1.54, 1.807) is 30.5 Å². The van der Waals surface area contributed by atoms with Crippen LogP contribution >= 0.6 is 0 Å². The highest BCUT2D eigenvalue weighted by Gasteiger charge is 2.50. The van der Waals surface area contributed by atoms with Gasteiger partial charge in [0, 0.05) is 36.3 Å². The zero-order valence-electron chi connectivity index (χ0n) is 29.2. The van der Waals surface area contributed by atoms with E-state index in [9.17, 15) is 14.3 Å². The zero-order valence-corrected chi connectivity index (χ0v) is 29.2. The van der Waals surface area contributed by atoms with Gasteiger partial charge in [-0.05, 0) is 77.3 Å². The molecule has 3 unspecified atom stereocenters. The van der Waals surface area contributed by atoms with Crippen molar-refractivity contribution in [1.29, 1.82) is 0 Å². The maximum Gasteiger partial charge on any atom is 0.410 e. The van der Waals surface area contributed by atoms with Crippen LogP contribution < -0.4 is 9.64 Å². The molecule has 0 aliphatic carbocycles. The Balaban J connectivity index is 1.21. The first-order valence-electron chi connectivity index (χ1n) is 17.8. The molecule has 0 radical (unpaired) electrons. The lowest BCUT2D eigenvalue weighted by molar-refractivity contribution is 0.0122. The normalized spacial score (nSPS) is 24.7.